The fourth-order valence-corrected chi connectivity index (χ4v) is 7.66. The third kappa shape index (κ3) is 4.45. The van der Waals surface area contributed by atoms with Crippen LogP contribution in [0.4, 0.5) is 0 Å². The molecule has 0 bridgehead atoms. The minimum atomic E-state index is 1.21. The molecule has 0 spiro atoms. The Hall–Kier alpha value is -1.90. The third-order valence-electron chi connectivity index (χ3n) is 6.81. The van der Waals surface area contributed by atoms with Gasteiger partial charge in [0.1, 0.15) is 0 Å². The molecule has 0 amide bonds. The number of hydrogen-bond donors (Lipinski definition) is 0. The number of rotatable bonds is 10. The van der Waals surface area contributed by atoms with Crippen LogP contribution in [0, 0.1) is 0 Å². The molecule has 32 heavy (non-hydrogen) atoms. The van der Waals surface area contributed by atoms with Gasteiger partial charge in [-0.3, -0.25) is 0 Å². The topological polar surface area (TPSA) is 0 Å². The molecule has 0 saturated carbocycles. The molecule has 0 radical (unpaired) electrons. The van der Waals surface area contributed by atoms with Crippen molar-refractivity contribution in [3.63, 3.8) is 0 Å². The molecule has 5 aromatic rings. The lowest BCUT2D eigenvalue weighted by Crippen LogP contribution is -1.86. The van der Waals surface area contributed by atoms with E-state index in [0.29, 0.717) is 0 Å². The Morgan fingerprint density at radius 3 is 1.88 bits per heavy atom. The predicted molar refractivity (Wildman–Crippen MR) is 148 cm³/mol. The first kappa shape index (κ1) is 21.9. The van der Waals surface area contributed by atoms with Crippen molar-refractivity contribution in [3.05, 3.63) is 59.7 Å². The van der Waals surface area contributed by atoms with Crippen LogP contribution in [0.25, 0.3) is 40.3 Å². The lowest BCUT2D eigenvalue weighted by atomic mass is 10.0. The largest absolute Gasteiger partial charge is 0.134 e. The molecule has 166 valence electrons. The smallest absolute Gasteiger partial charge is 0.0542 e. The van der Waals surface area contributed by atoms with E-state index in [4.69, 9.17) is 0 Å². The van der Waals surface area contributed by atoms with Gasteiger partial charge in [-0.15, -0.1) is 22.7 Å². The Bertz CT molecular complexity index is 1330. The summed E-state index contributed by atoms with van der Waals surface area (Å²) >= 11 is 3.98. The molecule has 0 aliphatic carbocycles. The van der Waals surface area contributed by atoms with Crippen LogP contribution in [0.15, 0.2) is 48.5 Å². The number of thiophene rings is 2. The molecule has 2 heteroatoms. The van der Waals surface area contributed by atoms with Crippen LogP contribution in [0.3, 0.4) is 0 Å². The summed E-state index contributed by atoms with van der Waals surface area (Å²) in [4.78, 5) is 0. The highest BCUT2D eigenvalue weighted by Gasteiger charge is 2.13. The zero-order valence-electron chi connectivity index (χ0n) is 19.5. The van der Waals surface area contributed by atoms with Gasteiger partial charge < -0.3 is 0 Å². The maximum Gasteiger partial charge on any atom is 0.0542 e. The van der Waals surface area contributed by atoms with E-state index in [-0.39, 0.29) is 0 Å². The van der Waals surface area contributed by atoms with Gasteiger partial charge in [0.15, 0.2) is 0 Å². The molecule has 2 heterocycles. The van der Waals surface area contributed by atoms with E-state index in [0.717, 1.165) is 0 Å². The monoisotopic (exact) mass is 458 g/mol. The molecular formula is C30H34S2. The van der Waals surface area contributed by atoms with Crippen molar-refractivity contribution in [3.8, 4) is 0 Å². The van der Waals surface area contributed by atoms with E-state index in [1.54, 1.807) is 0 Å². The van der Waals surface area contributed by atoms with Gasteiger partial charge in [-0.2, -0.15) is 0 Å². The third-order valence-corrected chi connectivity index (χ3v) is 9.31. The predicted octanol–water partition coefficient (Wildman–Crippen LogP) is 10.7. The second-order valence-corrected chi connectivity index (χ2v) is 11.4. The first-order valence-electron chi connectivity index (χ1n) is 12.6. The molecular weight excluding hydrogens is 424 g/mol. The van der Waals surface area contributed by atoms with Gasteiger partial charge in [-0.1, -0.05) is 82.7 Å². The maximum absolute atomic E-state index is 2.45. The summed E-state index contributed by atoms with van der Waals surface area (Å²) in [5.41, 5.74) is 2.99. The average Bonchev–Trinajstić information content (AvgIpc) is 3.33. The van der Waals surface area contributed by atoms with Crippen LogP contribution in [0.2, 0.25) is 0 Å². The summed E-state index contributed by atoms with van der Waals surface area (Å²) < 4.78 is 5.86. The Morgan fingerprint density at radius 2 is 1.16 bits per heavy atom. The van der Waals surface area contributed by atoms with Gasteiger partial charge in [0.2, 0.25) is 0 Å². The Balaban J connectivity index is 1.45. The first-order chi connectivity index (χ1) is 15.8. The van der Waals surface area contributed by atoms with Gasteiger partial charge >= 0.3 is 0 Å². The van der Waals surface area contributed by atoms with E-state index in [2.05, 4.69) is 62.4 Å². The number of unbranched alkanes of at least 4 members (excludes halogenated alkanes) is 6. The summed E-state index contributed by atoms with van der Waals surface area (Å²) in [5.74, 6) is 0. The van der Waals surface area contributed by atoms with Crippen molar-refractivity contribution in [1.82, 2.24) is 0 Å². The minimum Gasteiger partial charge on any atom is -0.134 e. The van der Waals surface area contributed by atoms with Crippen LogP contribution in [0.5, 0.6) is 0 Å². The van der Waals surface area contributed by atoms with Crippen molar-refractivity contribution in [2.45, 2.75) is 78.1 Å². The minimum absolute atomic E-state index is 1.21. The van der Waals surface area contributed by atoms with Gasteiger partial charge in [-0.25, -0.2) is 0 Å². The maximum atomic E-state index is 2.45. The highest BCUT2D eigenvalue weighted by molar-refractivity contribution is 7.36. The Kier molecular flexibility index (Phi) is 6.80. The highest BCUT2D eigenvalue weighted by atomic mass is 32.1. The first-order valence-corrected chi connectivity index (χ1v) is 14.2. The normalized spacial score (nSPS) is 12.1. The Morgan fingerprint density at radius 1 is 0.531 bits per heavy atom. The van der Waals surface area contributed by atoms with Crippen LogP contribution >= 0.6 is 22.7 Å². The zero-order valence-corrected chi connectivity index (χ0v) is 21.1. The molecule has 0 atom stereocenters. The number of aryl methyl sites for hydroxylation is 2. The summed E-state index contributed by atoms with van der Waals surface area (Å²) in [5, 5.41) is 5.67. The molecule has 0 N–H and O–H groups in total. The average molecular weight is 459 g/mol. The van der Waals surface area contributed by atoms with Gasteiger partial charge in [-0.05, 0) is 65.8 Å². The summed E-state index contributed by atoms with van der Waals surface area (Å²) in [7, 11) is 0. The summed E-state index contributed by atoms with van der Waals surface area (Å²) in [6.45, 7) is 4.56. The van der Waals surface area contributed by atoms with Crippen molar-refractivity contribution in [1.29, 1.82) is 0 Å². The van der Waals surface area contributed by atoms with Crippen LogP contribution in [-0.2, 0) is 12.8 Å². The van der Waals surface area contributed by atoms with Gasteiger partial charge in [0.05, 0.1) is 9.40 Å². The fraction of sp³-hybridized carbons (Fsp3) is 0.400. The summed E-state index contributed by atoms with van der Waals surface area (Å²) in [6.07, 6.45) is 13.1. The van der Waals surface area contributed by atoms with Crippen LogP contribution in [0.1, 0.15) is 76.3 Å². The highest BCUT2D eigenvalue weighted by Crippen LogP contribution is 2.45. The second kappa shape index (κ2) is 9.93. The van der Waals surface area contributed by atoms with Crippen molar-refractivity contribution < 1.29 is 0 Å². The lowest BCUT2D eigenvalue weighted by Gasteiger charge is -2.05. The Labute approximate surface area is 200 Å². The molecule has 3 aromatic carbocycles. The van der Waals surface area contributed by atoms with Crippen LogP contribution in [-0.4, -0.2) is 0 Å². The van der Waals surface area contributed by atoms with Crippen molar-refractivity contribution in [2.24, 2.45) is 0 Å². The van der Waals surface area contributed by atoms with E-state index < -0.39 is 0 Å². The molecule has 0 nitrogen and oxygen atoms in total. The molecule has 2 aromatic heterocycles. The quantitative estimate of drug-likeness (QED) is 0.183. The molecule has 0 unspecified atom stereocenters. The zero-order chi connectivity index (χ0) is 21.9. The molecule has 0 fully saturated rings. The van der Waals surface area contributed by atoms with Crippen molar-refractivity contribution in [2.75, 3.05) is 0 Å². The molecule has 5 rings (SSSR count). The number of benzene rings is 3. The van der Waals surface area contributed by atoms with E-state index in [1.165, 1.54) is 116 Å². The number of fused-ring (bicyclic) bond motifs is 6. The lowest BCUT2D eigenvalue weighted by molar-refractivity contribution is 0.667. The van der Waals surface area contributed by atoms with Gasteiger partial charge in [0, 0.05) is 20.2 Å². The van der Waals surface area contributed by atoms with Gasteiger partial charge in [0.25, 0.3) is 0 Å². The standard InChI is InChI=1S/C30H34S2/c1-3-5-7-9-11-21-13-15-23-19-26-28(20-24(23)17-21)32-29-25-16-14-22(12-10-8-6-4-2)18-27(25)31-30(26)29/h13-20H,3-12H2,1-2H3. The number of hydrogen-bond acceptors (Lipinski definition) is 2. The fourth-order valence-electron chi connectivity index (χ4n) is 4.92. The summed E-state index contributed by atoms with van der Waals surface area (Å²) in [6, 6.07) is 19.2. The van der Waals surface area contributed by atoms with Crippen molar-refractivity contribution >= 4 is 63.0 Å². The SMILES string of the molecule is CCCCCCc1ccc2cc3c(cc2c1)sc1c2ccc(CCCCCC)cc2sc31. The van der Waals surface area contributed by atoms with E-state index in [1.807, 2.05) is 22.7 Å². The molecule has 0 aliphatic heterocycles. The van der Waals surface area contributed by atoms with Crippen LogP contribution < -0.4 is 0 Å². The molecule has 0 aliphatic rings. The second-order valence-electron chi connectivity index (χ2n) is 9.34. The van der Waals surface area contributed by atoms with E-state index in [9.17, 15) is 0 Å². The molecule has 0 saturated heterocycles. The van der Waals surface area contributed by atoms with E-state index >= 15 is 0 Å².